The molecule has 15 heavy (non-hydrogen) atoms. The number of hydrogen-bond donors (Lipinski definition) is 1. The molecule has 1 unspecified atom stereocenters. The van der Waals surface area contributed by atoms with Crippen LogP contribution in [0.15, 0.2) is 35.3 Å². The molecule has 0 aromatic heterocycles. The number of aliphatic imine (C=N–C) groups is 1. The number of nitrogens with zero attached hydrogens (tertiary/aromatic N) is 2. The molecule has 0 spiro atoms. The van der Waals surface area contributed by atoms with E-state index in [1.54, 1.807) is 0 Å². The molecule has 1 aliphatic rings. The molecule has 2 rings (SSSR count). The summed E-state index contributed by atoms with van der Waals surface area (Å²) >= 11 is 0. The molecule has 1 radical (unpaired) electrons. The Hall–Kier alpha value is -1.88. The number of rotatable bonds is 1. The fraction of sp³-hybridized carbons (Fsp3) is 0.200. The summed E-state index contributed by atoms with van der Waals surface area (Å²) in [7, 11) is 1.52. The monoisotopic (exact) mass is 204 g/mol. The molecular weight excluding hydrogens is 194 g/mol. The molecule has 5 nitrogen and oxygen atoms in total. The molecule has 0 saturated heterocycles. The van der Waals surface area contributed by atoms with E-state index in [-0.39, 0.29) is 0 Å². The van der Waals surface area contributed by atoms with E-state index in [4.69, 9.17) is 4.84 Å². The van der Waals surface area contributed by atoms with Crippen LogP contribution >= 0.6 is 0 Å². The summed E-state index contributed by atoms with van der Waals surface area (Å²) < 4.78 is 0. The second-order valence-corrected chi connectivity index (χ2v) is 2.95. The molecular formula is C10H10N3O2. The van der Waals surface area contributed by atoms with Gasteiger partial charge in [0.2, 0.25) is 12.6 Å². The van der Waals surface area contributed by atoms with Crippen LogP contribution in [-0.2, 0) is 4.84 Å². The van der Waals surface area contributed by atoms with Crippen molar-refractivity contribution in [3.63, 3.8) is 0 Å². The first-order chi connectivity index (χ1) is 7.31. The summed E-state index contributed by atoms with van der Waals surface area (Å²) in [5.74, 6) is 0. The second-order valence-electron chi connectivity index (χ2n) is 2.95. The van der Waals surface area contributed by atoms with Crippen molar-refractivity contribution >= 4 is 12.4 Å². The highest BCUT2D eigenvalue weighted by atomic mass is 16.7. The lowest BCUT2D eigenvalue weighted by atomic mass is 10.2. The predicted octanol–water partition coefficient (Wildman–Crippen LogP) is 1.18. The third-order valence-electron chi connectivity index (χ3n) is 1.95. The van der Waals surface area contributed by atoms with E-state index in [2.05, 4.69) is 16.6 Å². The Morgan fingerprint density at radius 2 is 2.27 bits per heavy atom. The highest BCUT2D eigenvalue weighted by molar-refractivity contribution is 5.85. The van der Waals surface area contributed by atoms with E-state index in [1.807, 2.05) is 30.3 Å². The van der Waals surface area contributed by atoms with Gasteiger partial charge in [0, 0.05) is 12.6 Å². The number of hydroxylamine groups is 2. The Morgan fingerprint density at radius 1 is 1.53 bits per heavy atom. The van der Waals surface area contributed by atoms with Gasteiger partial charge in [-0.05, 0) is 0 Å². The van der Waals surface area contributed by atoms with Crippen molar-refractivity contribution in [1.29, 1.82) is 0 Å². The van der Waals surface area contributed by atoms with Gasteiger partial charge in [0.1, 0.15) is 0 Å². The summed E-state index contributed by atoms with van der Waals surface area (Å²) in [4.78, 5) is 20.4. The normalized spacial score (nSPS) is 19.3. The maximum Gasteiger partial charge on any atom is 0.347 e. The highest BCUT2D eigenvalue weighted by Crippen LogP contribution is 2.23. The minimum atomic E-state index is -0.483. The van der Waals surface area contributed by atoms with Crippen LogP contribution in [0.4, 0.5) is 4.79 Å². The first-order valence-electron chi connectivity index (χ1n) is 4.50. The van der Waals surface area contributed by atoms with Gasteiger partial charge >= 0.3 is 6.03 Å². The number of benzene rings is 1. The first-order valence-corrected chi connectivity index (χ1v) is 4.50. The topological polar surface area (TPSA) is 53.9 Å². The zero-order chi connectivity index (χ0) is 10.7. The second kappa shape index (κ2) is 4.10. The number of carbonyl (C=O) groups excluding carboxylic acids is 1. The summed E-state index contributed by atoms with van der Waals surface area (Å²) in [5, 5.41) is 3.37. The van der Waals surface area contributed by atoms with Gasteiger partial charge in [-0.3, -0.25) is 0 Å². The molecule has 2 amide bonds. The lowest BCUT2D eigenvalue weighted by molar-refractivity contribution is -0.0858. The summed E-state index contributed by atoms with van der Waals surface area (Å²) in [5.41, 5.74) is 0.886. The van der Waals surface area contributed by atoms with Gasteiger partial charge in [-0.1, -0.05) is 30.3 Å². The molecule has 0 saturated carbocycles. The van der Waals surface area contributed by atoms with E-state index in [0.29, 0.717) is 0 Å². The largest absolute Gasteiger partial charge is 0.347 e. The van der Waals surface area contributed by atoms with Crippen LogP contribution in [0.1, 0.15) is 11.8 Å². The Bertz CT molecular complexity index is 378. The van der Waals surface area contributed by atoms with E-state index in [9.17, 15) is 4.79 Å². The molecule has 1 aliphatic heterocycles. The Balaban J connectivity index is 2.06. The molecule has 5 heteroatoms. The molecule has 1 atom stereocenters. The zero-order valence-corrected chi connectivity index (χ0v) is 8.18. The standard InChI is InChI=1S/C10H10N3O2/c1-11-10(14)13-7-12-9(15-13)8-5-3-2-4-6-8/h2-6,9H,1H3,(H,11,14). The average Bonchev–Trinajstić information content (AvgIpc) is 2.78. The maximum atomic E-state index is 11.2. The number of nitrogens with one attached hydrogen (secondary N) is 1. The lowest BCUT2D eigenvalue weighted by Gasteiger charge is -2.12. The van der Waals surface area contributed by atoms with Crippen LogP contribution in [0, 0.1) is 0 Å². The first kappa shape index (κ1) is 9.67. The third kappa shape index (κ3) is 1.97. The van der Waals surface area contributed by atoms with Crippen molar-refractivity contribution in [3.8, 4) is 0 Å². The van der Waals surface area contributed by atoms with Crippen molar-refractivity contribution in [1.82, 2.24) is 10.4 Å². The van der Waals surface area contributed by atoms with Crippen molar-refractivity contribution in [2.45, 2.75) is 6.23 Å². The van der Waals surface area contributed by atoms with E-state index in [0.717, 1.165) is 10.6 Å². The smallest absolute Gasteiger partial charge is 0.339 e. The Kier molecular flexibility index (Phi) is 2.64. The summed E-state index contributed by atoms with van der Waals surface area (Å²) in [6, 6.07) is 9.04. The molecule has 1 aromatic rings. The molecule has 1 N–H and O–H groups in total. The molecule has 1 heterocycles. The van der Waals surface area contributed by atoms with Crippen molar-refractivity contribution in [3.05, 3.63) is 35.9 Å². The highest BCUT2D eigenvalue weighted by Gasteiger charge is 2.24. The summed E-state index contributed by atoms with van der Waals surface area (Å²) in [6.45, 7) is 0. The van der Waals surface area contributed by atoms with Crippen molar-refractivity contribution < 1.29 is 9.63 Å². The molecule has 1 aromatic carbocycles. The zero-order valence-electron chi connectivity index (χ0n) is 8.18. The van der Waals surface area contributed by atoms with Gasteiger partial charge in [0.25, 0.3) is 0 Å². The average molecular weight is 204 g/mol. The molecule has 0 bridgehead atoms. The minimum absolute atomic E-state index is 0.391. The summed E-state index contributed by atoms with van der Waals surface area (Å²) in [6.07, 6.45) is 2.00. The van der Waals surface area contributed by atoms with Gasteiger partial charge in [-0.25, -0.2) is 14.6 Å². The fourth-order valence-electron chi connectivity index (χ4n) is 1.20. The van der Waals surface area contributed by atoms with Crippen molar-refractivity contribution in [2.24, 2.45) is 4.99 Å². The van der Waals surface area contributed by atoms with Crippen LogP contribution in [0.25, 0.3) is 0 Å². The number of hydrogen-bond acceptors (Lipinski definition) is 3. The molecule has 77 valence electrons. The quantitative estimate of drug-likeness (QED) is 0.746. The third-order valence-corrected chi connectivity index (χ3v) is 1.95. The maximum absolute atomic E-state index is 11.2. The van der Waals surface area contributed by atoms with Gasteiger partial charge in [-0.2, -0.15) is 0 Å². The van der Waals surface area contributed by atoms with Crippen LogP contribution in [0.2, 0.25) is 0 Å². The van der Waals surface area contributed by atoms with E-state index in [1.165, 1.54) is 7.05 Å². The van der Waals surface area contributed by atoms with Gasteiger partial charge < -0.3 is 5.32 Å². The fourth-order valence-corrected chi connectivity index (χ4v) is 1.20. The predicted molar refractivity (Wildman–Crippen MR) is 54.0 cm³/mol. The SMILES string of the molecule is CNC(=O)N1[C]=NC(c2ccccc2)O1. The van der Waals surface area contributed by atoms with Crippen LogP contribution < -0.4 is 5.32 Å². The number of carbonyl (C=O) groups is 1. The Labute approximate surface area is 87.3 Å². The lowest BCUT2D eigenvalue weighted by Crippen LogP contribution is -2.34. The Morgan fingerprint density at radius 3 is 2.93 bits per heavy atom. The van der Waals surface area contributed by atoms with Crippen LogP contribution in [0.5, 0.6) is 0 Å². The van der Waals surface area contributed by atoms with E-state index < -0.39 is 12.3 Å². The van der Waals surface area contributed by atoms with Crippen LogP contribution in [-0.4, -0.2) is 24.5 Å². The van der Waals surface area contributed by atoms with Gasteiger partial charge in [0.15, 0.2) is 0 Å². The number of urea groups is 1. The number of amides is 2. The molecule has 0 fully saturated rings. The van der Waals surface area contributed by atoms with Crippen molar-refractivity contribution in [2.75, 3.05) is 7.05 Å². The van der Waals surface area contributed by atoms with Gasteiger partial charge in [0.05, 0.1) is 0 Å². The van der Waals surface area contributed by atoms with Gasteiger partial charge in [-0.15, -0.1) is 5.06 Å². The molecule has 0 aliphatic carbocycles. The van der Waals surface area contributed by atoms with Crippen LogP contribution in [0.3, 0.4) is 0 Å². The van der Waals surface area contributed by atoms with E-state index >= 15 is 0 Å². The minimum Gasteiger partial charge on any atom is -0.339 e.